The maximum atomic E-state index is 12.4. The summed E-state index contributed by atoms with van der Waals surface area (Å²) < 4.78 is 5.41. The minimum atomic E-state index is -0.303. The Morgan fingerprint density at radius 1 is 0.967 bits per heavy atom. The quantitative estimate of drug-likeness (QED) is 0.540. The second-order valence-electron chi connectivity index (χ2n) is 6.54. The average molecular weight is 425 g/mol. The molecule has 0 aliphatic carbocycles. The first-order chi connectivity index (χ1) is 14.6. The van der Waals surface area contributed by atoms with E-state index in [1.807, 2.05) is 31.2 Å². The summed E-state index contributed by atoms with van der Waals surface area (Å²) in [5, 5.41) is 14.8. The van der Waals surface area contributed by atoms with Gasteiger partial charge in [-0.3, -0.25) is 9.59 Å². The second-order valence-corrected chi connectivity index (χ2v) is 7.60. The van der Waals surface area contributed by atoms with Gasteiger partial charge in [-0.1, -0.05) is 30.4 Å². The number of hydrogen-bond donors (Lipinski definition) is 2. The number of benzene rings is 2. The predicted molar refractivity (Wildman–Crippen MR) is 117 cm³/mol. The van der Waals surface area contributed by atoms with Gasteiger partial charge >= 0.3 is 0 Å². The lowest BCUT2D eigenvalue weighted by Gasteiger charge is -2.08. The molecule has 0 radical (unpaired) electrons. The zero-order valence-electron chi connectivity index (χ0n) is 17.0. The summed E-state index contributed by atoms with van der Waals surface area (Å²) in [5.41, 5.74) is 2.09. The van der Waals surface area contributed by atoms with Crippen LogP contribution in [0.2, 0.25) is 0 Å². The lowest BCUT2D eigenvalue weighted by Crippen LogP contribution is -2.22. The Balaban J connectivity index is 1.52. The third-order valence-corrected chi connectivity index (χ3v) is 5.20. The first kappa shape index (κ1) is 21.4. The van der Waals surface area contributed by atoms with E-state index in [0.29, 0.717) is 29.4 Å². The van der Waals surface area contributed by atoms with Crippen LogP contribution in [0.5, 0.6) is 5.75 Å². The van der Waals surface area contributed by atoms with E-state index >= 15 is 0 Å². The molecule has 0 aliphatic rings. The van der Waals surface area contributed by atoms with Crippen molar-refractivity contribution in [3.63, 3.8) is 0 Å². The Morgan fingerprint density at radius 2 is 1.70 bits per heavy atom. The molecular formula is C22H24N4O3S. The van der Waals surface area contributed by atoms with Crippen LogP contribution in [0.4, 0.5) is 5.69 Å². The van der Waals surface area contributed by atoms with Crippen LogP contribution in [0.25, 0.3) is 0 Å². The molecule has 1 heterocycles. The van der Waals surface area contributed by atoms with Crippen LogP contribution in [0, 0.1) is 0 Å². The van der Waals surface area contributed by atoms with Gasteiger partial charge in [0.05, 0.1) is 6.61 Å². The zero-order chi connectivity index (χ0) is 21.3. The van der Waals surface area contributed by atoms with Gasteiger partial charge in [-0.25, -0.2) is 0 Å². The van der Waals surface area contributed by atoms with Gasteiger partial charge in [0.15, 0.2) is 0 Å². The molecule has 2 amide bonds. The highest BCUT2D eigenvalue weighted by molar-refractivity contribution is 7.13. The van der Waals surface area contributed by atoms with Gasteiger partial charge in [-0.2, -0.15) is 0 Å². The normalized spacial score (nSPS) is 10.5. The summed E-state index contributed by atoms with van der Waals surface area (Å²) in [6.45, 7) is 5.02. The van der Waals surface area contributed by atoms with E-state index in [1.165, 1.54) is 11.3 Å². The summed E-state index contributed by atoms with van der Waals surface area (Å²) in [4.78, 5) is 24.7. The van der Waals surface area contributed by atoms with Crippen molar-refractivity contribution in [2.24, 2.45) is 0 Å². The van der Waals surface area contributed by atoms with E-state index in [0.717, 1.165) is 29.2 Å². The molecule has 156 valence electrons. The number of ether oxygens (including phenoxy) is 1. The Morgan fingerprint density at radius 3 is 2.37 bits per heavy atom. The Bertz CT molecular complexity index is 984. The number of aryl methyl sites for hydroxylation is 1. The zero-order valence-corrected chi connectivity index (χ0v) is 17.8. The first-order valence-corrected chi connectivity index (χ1v) is 10.6. The molecule has 2 aromatic carbocycles. The highest BCUT2D eigenvalue weighted by Gasteiger charge is 2.13. The Labute approximate surface area is 179 Å². The predicted octanol–water partition coefficient (Wildman–Crippen LogP) is 4.07. The number of aromatic nitrogens is 2. The van der Waals surface area contributed by atoms with E-state index in [4.69, 9.17) is 4.74 Å². The first-order valence-electron chi connectivity index (χ1n) is 9.82. The minimum absolute atomic E-state index is 0.185. The molecule has 2 N–H and O–H groups in total. The highest BCUT2D eigenvalue weighted by atomic mass is 32.1. The summed E-state index contributed by atoms with van der Waals surface area (Å²) >= 11 is 1.29. The second kappa shape index (κ2) is 10.5. The molecule has 0 saturated heterocycles. The van der Waals surface area contributed by atoms with Crippen molar-refractivity contribution in [2.45, 2.75) is 33.2 Å². The van der Waals surface area contributed by atoms with Crippen LogP contribution in [-0.4, -0.2) is 28.6 Å². The van der Waals surface area contributed by atoms with Gasteiger partial charge < -0.3 is 15.4 Å². The molecule has 8 heteroatoms. The topological polar surface area (TPSA) is 93.2 Å². The average Bonchev–Trinajstić information content (AvgIpc) is 3.23. The van der Waals surface area contributed by atoms with Crippen LogP contribution >= 0.6 is 11.3 Å². The molecule has 3 rings (SSSR count). The monoisotopic (exact) mass is 424 g/mol. The van der Waals surface area contributed by atoms with Gasteiger partial charge in [-0.05, 0) is 55.3 Å². The lowest BCUT2D eigenvalue weighted by atomic mass is 10.1. The van der Waals surface area contributed by atoms with Crippen molar-refractivity contribution in [3.05, 3.63) is 69.7 Å². The SMILES string of the molecule is CCCc1nnc(C(=O)Nc2ccc(C(=O)NCc3ccc(OCC)cc3)cc2)s1. The van der Waals surface area contributed by atoms with E-state index < -0.39 is 0 Å². The molecular weight excluding hydrogens is 400 g/mol. The lowest BCUT2D eigenvalue weighted by molar-refractivity contribution is 0.0950. The summed E-state index contributed by atoms with van der Waals surface area (Å²) in [6.07, 6.45) is 1.77. The standard InChI is InChI=1S/C22H24N4O3S/c1-3-5-19-25-26-22(30-19)21(28)24-17-10-8-16(9-11-17)20(27)23-14-15-6-12-18(13-7-15)29-4-2/h6-13H,3-5,14H2,1-2H3,(H,23,27)(H,24,28). The largest absolute Gasteiger partial charge is 0.494 e. The number of rotatable bonds is 9. The number of hydrogen-bond acceptors (Lipinski definition) is 6. The number of anilines is 1. The van der Waals surface area contributed by atoms with Gasteiger partial charge in [0.1, 0.15) is 10.8 Å². The van der Waals surface area contributed by atoms with Gasteiger partial charge in [0.2, 0.25) is 5.01 Å². The van der Waals surface area contributed by atoms with E-state index in [-0.39, 0.29) is 11.8 Å². The fourth-order valence-corrected chi connectivity index (χ4v) is 3.54. The Hall–Kier alpha value is -3.26. The molecule has 0 unspecified atom stereocenters. The van der Waals surface area contributed by atoms with E-state index in [9.17, 15) is 9.59 Å². The van der Waals surface area contributed by atoms with E-state index in [1.54, 1.807) is 24.3 Å². The summed E-state index contributed by atoms with van der Waals surface area (Å²) in [5.74, 6) is 0.318. The van der Waals surface area contributed by atoms with Crippen LogP contribution in [0.1, 0.15) is 51.0 Å². The molecule has 0 aliphatic heterocycles. The summed E-state index contributed by atoms with van der Waals surface area (Å²) in [6, 6.07) is 14.3. The smallest absolute Gasteiger partial charge is 0.286 e. The third-order valence-electron chi connectivity index (χ3n) is 4.22. The molecule has 0 bridgehead atoms. The van der Waals surface area contributed by atoms with Crippen molar-refractivity contribution in [2.75, 3.05) is 11.9 Å². The number of carbonyl (C=O) groups is 2. The third kappa shape index (κ3) is 5.87. The van der Waals surface area contributed by atoms with E-state index in [2.05, 4.69) is 27.8 Å². The minimum Gasteiger partial charge on any atom is -0.494 e. The fourth-order valence-electron chi connectivity index (χ4n) is 2.70. The van der Waals surface area contributed by atoms with Gasteiger partial charge in [0, 0.05) is 24.2 Å². The number of amides is 2. The number of carbonyl (C=O) groups excluding carboxylic acids is 2. The van der Waals surface area contributed by atoms with Crippen molar-refractivity contribution >= 4 is 28.8 Å². The number of nitrogens with one attached hydrogen (secondary N) is 2. The van der Waals surface area contributed by atoms with Crippen LogP contribution < -0.4 is 15.4 Å². The molecule has 3 aromatic rings. The fraction of sp³-hybridized carbons (Fsp3) is 0.273. The maximum absolute atomic E-state index is 12.4. The maximum Gasteiger partial charge on any atom is 0.286 e. The van der Waals surface area contributed by atoms with Crippen molar-refractivity contribution < 1.29 is 14.3 Å². The number of nitrogens with zero attached hydrogens (tertiary/aromatic N) is 2. The van der Waals surface area contributed by atoms with Gasteiger partial charge in [0.25, 0.3) is 11.8 Å². The molecule has 30 heavy (non-hydrogen) atoms. The van der Waals surface area contributed by atoms with Crippen LogP contribution in [0.15, 0.2) is 48.5 Å². The Kier molecular flexibility index (Phi) is 7.51. The highest BCUT2D eigenvalue weighted by Crippen LogP contribution is 2.16. The van der Waals surface area contributed by atoms with Crippen LogP contribution in [-0.2, 0) is 13.0 Å². The molecule has 1 aromatic heterocycles. The molecule has 7 nitrogen and oxygen atoms in total. The van der Waals surface area contributed by atoms with Crippen LogP contribution in [0.3, 0.4) is 0 Å². The molecule has 0 atom stereocenters. The van der Waals surface area contributed by atoms with Gasteiger partial charge in [-0.15, -0.1) is 10.2 Å². The molecule has 0 saturated carbocycles. The molecule has 0 spiro atoms. The van der Waals surface area contributed by atoms with Crippen molar-refractivity contribution in [1.82, 2.24) is 15.5 Å². The van der Waals surface area contributed by atoms with Crippen molar-refractivity contribution in [3.8, 4) is 5.75 Å². The molecule has 0 fully saturated rings. The summed E-state index contributed by atoms with van der Waals surface area (Å²) in [7, 11) is 0. The van der Waals surface area contributed by atoms with Crippen molar-refractivity contribution in [1.29, 1.82) is 0 Å².